The topological polar surface area (TPSA) is 69.4 Å². The molecule has 0 atom stereocenters. The van der Waals surface area contributed by atoms with Gasteiger partial charge in [0.25, 0.3) is 0 Å². The third-order valence-corrected chi connectivity index (χ3v) is 2.93. The first-order valence-electron chi connectivity index (χ1n) is 6.89. The van der Waals surface area contributed by atoms with Gasteiger partial charge in [-0.15, -0.1) is 10.2 Å². The SMILES string of the molecule is COc1ccc(-c2nnc(CNCC(C)C)o2)cc1OC. The van der Waals surface area contributed by atoms with Gasteiger partial charge in [0.1, 0.15) is 0 Å². The molecule has 0 aliphatic heterocycles. The van der Waals surface area contributed by atoms with Crippen LogP contribution in [0.25, 0.3) is 11.5 Å². The van der Waals surface area contributed by atoms with Crippen LogP contribution in [0, 0.1) is 5.92 Å². The van der Waals surface area contributed by atoms with Gasteiger partial charge in [-0.2, -0.15) is 0 Å². The minimum Gasteiger partial charge on any atom is -0.493 e. The molecule has 2 aromatic rings. The Balaban J connectivity index is 2.10. The van der Waals surface area contributed by atoms with E-state index in [1.165, 1.54) is 0 Å². The van der Waals surface area contributed by atoms with Crippen LogP contribution in [0.3, 0.4) is 0 Å². The molecule has 0 aliphatic rings. The lowest BCUT2D eigenvalue weighted by Gasteiger charge is -2.07. The average Bonchev–Trinajstić information content (AvgIpc) is 2.95. The second-order valence-corrected chi connectivity index (χ2v) is 5.10. The maximum Gasteiger partial charge on any atom is 0.247 e. The van der Waals surface area contributed by atoms with Crippen LogP contribution in [0.1, 0.15) is 19.7 Å². The molecule has 0 aliphatic carbocycles. The number of hydrogen-bond donors (Lipinski definition) is 1. The van der Waals surface area contributed by atoms with Crippen molar-refractivity contribution in [2.45, 2.75) is 20.4 Å². The summed E-state index contributed by atoms with van der Waals surface area (Å²) in [7, 11) is 3.19. The molecule has 0 amide bonds. The number of nitrogens with one attached hydrogen (secondary N) is 1. The second kappa shape index (κ2) is 7.08. The van der Waals surface area contributed by atoms with Crippen LogP contribution in [0.5, 0.6) is 11.5 Å². The van der Waals surface area contributed by atoms with E-state index in [0.29, 0.717) is 35.7 Å². The van der Waals surface area contributed by atoms with Crippen molar-refractivity contribution in [2.24, 2.45) is 5.92 Å². The Morgan fingerprint density at radius 3 is 2.57 bits per heavy atom. The summed E-state index contributed by atoms with van der Waals surface area (Å²) in [5, 5.41) is 11.4. The van der Waals surface area contributed by atoms with Crippen LogP contribution in [-0.4, -0.2) is 31.0 Å². The monoisotopic (exact) mass is 291 g/mol. The molecule has 6 heteroatoms. The molecule has 0 radical (unpaired) electrons. The molecular weight excluding hydrogens is 270 g/mol. The molecule has 6 nitrogen and oxygen atoms in total. The van der Waals surface area contributed by atoms with E-state index in [4.69, 9.17) is 13.9 Å². The Kier molecular flexibility index (Phi) is 5.16. The first-order chi connectivity index (χ1) is 10.1. The number of hydrogen-bond acceptors (Lipinski definition) is 6. The van der Waals surface area contributed by atoms with Crippen LogP contribution in [-0.2, 0) is 6.54 Å². The number of benzene rings is 1. The maximum atomic E-state index is 5.64. The van der Waals surface area contributed by atoms with E-state index in [1.807, 2.05) is 18.2 Å². The fourth-order valence-corrected chi connectivity index (χ4v) is 1.88. The highest BCUT2D eigenvalue weighted by Gasteiger charge is 2.12. The lowest BCUT2D eigenvalue weighted by Crippen LogP contribution is -2.19. The summed E-state index contributed by atoms with van der Waals surface area (Å²) in [4.78, 5) is 0. The zero-order valence-electron chi connectivity index (χ0n) is 12.8. The smallest absolute Gasteiger partial charge is 0.247 e. The summed E-state index contributed by atoms with van der Waals surface area (Å²) in [6, 6.07) is 5.49. The van der Waals surface area contributed by atoms with Crippen LogP contribution in [0.2, 0.25) is 0 Å². The third-order valence-electron chi connectivity index (χ3n) is 2.93. The second-order valence-electron chi connectivity index (χ2n) is 5.10. The molecule has 0 fully saturated rings. The van der Waals surface area contributed by atoms with Gasteiger partial charge in [-0.3, -0.25) is 0 Å². The number of nitrogens with zero attached hydrogens (tertiary/aromatic N) is 2. The van der Waals surface area contributed by atoms with Gasteiger partial charge in [0.2, 0.25) is 11.8 Å². The molecule has 0 spiro atoms. The predicted octanol–water partition coefficient (Wildman–Crippen LogP) is 2.50. The lowest BCUT2D eigenvalue weighted by molar-refractivity contribution is 0.355. The van der Waals surface area contributed by atoms with E-state index in [1.54, 1.807) is 14.2 Å². The average molecular weight is 291 g/mol. The zero-order valence-corrected chi connectivity index (χ0v) is 12.8. The van der Waals surface area contributed by atoms with Gasteiger partial charge in [-0.1, -0.05) is 13.8 Å². The standard InChI is InChI=1S/C15H21N3O3/c1-10(2)8-16-9-14-17-18-15(21-14)11-5-6-12(19-3)13(7-11)20-4/h5-7,10,16H,8-9H2,1-4H3. The highest BCUT2D eigenvalue weighted by Crippen LogP contribution is 2.31. The maximum absolute atomic E-state index is 5.64. The molecule has 0 unspecified atom stereocenters. The molecule has 21 heavy (non-hydrogen) atoms. The number of ether oxygens (including phenoxy) is 2. The summed E-state index contributed by atoms with van der Waals surface area (Å²) in [6.07, 6.45) is 0. The van der Waals surface area contributed by atoms with Crippen molar-refractivity contribution in [1.29, 1.82) is 0 Å². The molecule has 1 heterocycles. The van der Waals surface area contributed by atoms with Crippen LogP contribution >= 0.6 is 0 Å². The summed E-state index contributed by atoms with van der Waals surface area (Å²) in [5.41, 5.74) is 0.801. The highest BCUT2D eigenvalue weighted by atomic mass is 16.5. The molecule has 0 saturated heterocycles. The third kappa shape index (κ3) is 3.95. The summed E-state index contributed by atoms with van der Waals surface area (Å²) >= 11 is 0. The van der Waals surface area contributed by atoms with Crippen molar-refractivity contribution >= 4 is 0 Å². The Labute approximate surface area is 124 Å². The Bertz CT molecular complexity index is 581. The number of rotatable bonds is 7. The predicted molar refractivity (Wildman–Crippen MR) is 79.4 cm³/mol. The lowest BCUT2D eigenvalue weighted by atomic mass is 10.2. The van der Waals surface area contributed by atoms with Gasteiger partial charge in [0.15, 0.2) is 11.5 Å². The molecule has 0 bridgehead atoms. The quantitative estimate of drug-likeness (QED) is 0.845. The minimum absolute atomic E-state index is 0.470. The van der Waals surface area contributed by atoms with Gasteiger partial charge >= 0.3 is 0 Å². The molecular formula is C15H21N3O3. The molecule has 1 aromatic heterocycles. The first-order valence-corrected chi connectivity index (χ1v) is 6.89. The highest BCUT2D eigenvalue weighted by molar-refractivity contribution is 5.59. The number of methoxy groups -OCH3 is 2. The summed E-state index contributed by atoms with van der Waals surface area (Å²) in [5.74, 6) is 2.92. The number of aromatic nitrogens is 2. The van der Waals surface area contributed by atoms with Crippen LogP contribution in [0.4, 0.5) is 0 Å². The zero-order chi connectivity index (χ0) is 15.2. The molecule has 1 aromatic carbocycles. The fraction of sp³-hybridized carbons (Fsp3) is 0.467. The van der Waals surface area contributed by atoms with Crippen molar-refractivity contribution in [3.8, 4) is 23.0 Å². The van der Waals surface area contributed by atoms with Crippen molar-refractivity contribution in [3.05, 3.63) is 24.1 Å². The Morgan fingerprint density at radius 2 is 1.90 bits per heavy atom. The van der Waals surface area contributed by atoms with Crippen molar-refractivity contribution < 1.29 is 13.9 Å². The summed E-state index contributed by atoms with van der Waals surface area (Å²) < 4.78 is 16.1. The van der Waals surface area contributed by atoms with E-state index >= 15 is 0 Å². The molecule has 1 N–H and O–H groups in total. The van der Waals surface area contributed by atoms with Crippen molar-refractivity contribution in [1.82, 2.24) is 15.5 Å². The van der Waals surface area contributed by atoms with E-state index in [9.17, 15) is 0 Å². The van der Waals surface area contributed by atoms with Gasteiger partial charge in [0.05, 0.1) is 20.8 Å². The minimum atomic E-state index is 0.470. The van der Waals surface area contributed by atoms with Crippen LogP contribution in [0.15, 0.2) is 22.6 Å². The van der Waals surface area contributed by atoms with E-state index < -0.39 is 0 Å². The molecule has 2 rings (SSSR count). The van der Waals surface area contributed by atoms with Gasteiger partial charge in [-0.25, -0.2) is 0 Å². The van der Waals surface area contributed by atoms with Gasteiger partial charge in [-0.05, 0) is 30.7 Å². The summed E-state index contributed by atoms with van der Waals surface area (Å²) in [6.45, 7) is 5.78. The largest absolute Gasteiger partial charge is 0.493 e. The van der Waals surface area contributed by atoms with Crippen LogP contribution < -0.4 is 14.8 Å². The van der Waals surface area contributed by atoms with Gasteiger partial charge < -0.3 is 19.2 Å². The normalized spacial score (nSPS) is 10.9. The van der Waals surface area contributed by atoms with E-state index in [-0.39, 0.29) is 0 Å². The fourth-order valence-electron chi connectivity index (χ4n) is 1.88. The Hall–Kier alpha value is -2.08. The van der Waals surface area contributed by atoms with Crippen molar-refractivity contribution in [3.63, 3.8) is 0 Å². The molecule has 0 saturated carbocycles. The van der Waals surface area contributed by atoms with E-state index in [0.717, 1.165) is 12.1 Å². The Morgan fingerprint density at radius 1 is 1.14 bits per heavy atom. The van der Waals surface area contributed by atoms with E-state index in [2.05, 4.69) is 29.4 Å². The first kappa shape index (κ1) is 15.3. The molecule has 114 valence electrons. The van der Waals surface area contributed by atoms with Crippen molar-refractivity contribution in [2.75, 3.05) is 20.8 Å². The van der Waals surface area contributed by atoms with Gasteiger partial charge in [0, 0.05) is 5.56 Å².